The van der Waals surface area contributed by atoms with Crippen molar-refractivity contribution >= 4 is 40.1 Å². The van der Waals surface area contributed by atoms with Crippen molar-refractivity contribution in [1.82, 2.24) is 14.8 Å². The Morgan fingerprint density at radius 2 is 1.85 bits per heavy atom. The van der Waals surface area contributed by atoms with E-state index in [9.17, 15) is 18.8 Å². The number of piperidine rings is 1. The van der Waals surface area contributed by atoms with E-state index < -0.39 is 11.9 Å². The third-order valence-corrected chi connectivity index (χ3v) is 8.26. The zero-order chi connectivity index (χ0) is 28.7. The van der Waals surface area contributed by atoms with Crippen LogP contribution in [0.2, 0.25) is 5.02 Å². The number of hydrogen-bond acceptors (Lipinski definition) is 4. The molecule has 3 atom stereocenters. The Morgan fingerprint density at radius 1 is 1.05 bits per heavy atom. The predicted octanol–water partition coefficient (Wildman–Crippen LogP) is 5.52. The molecule has 2 aliphatic rings. The Hall–Kier alpha value is -4.17. The number of nitrogens with one attached hydrogen (secondary N) is 1. The maximum absolute atomic E-state index is 14.3. The molecule has 4 aromatic rings. The first-order valence-corrected chi connectivity index (χ1v) is 14.0. The van der Waals surface area contributed by atoms with Crippen LogP contribution in [0.5, 0.6) is 5.75 Å². The molecule has 1 saturated carbocycles. The number of Topliss-reactive ketones (excluding diaryl/α,β-unsaturated/α-hetero) is 1. The van der Waals surface area contributed by atoms with Gasteiger partial charge in [0.2, 0.25) is 11.8 Å². The van der Waals surface area contributed by atoms with E-state index in [-0.39, 0.29) is 53.2 Å². The topological polar surface area (TPSA) is 80.6 Å². The first kappa shape index (κ1) is 27.0. The number of rotatable bonds is 9. The minimum atomic E-state index is -0.632. The Morgan fingerprint density at radius 3 is 2.63 bits per heavy atom. The van der Waals surface area contributed by atoms with E-state index in [4.69, 9.17) is 16.3 Å². The maximum atomic E-state index is 14.3. The van der Waals surface area contributed by atoms with Gasteiger partial charge >= 0.3 is 0 Å². The molecular formula is C32H29ClFN3O4. The van der Waals surface area contributed by atoms with Gasteiger partial charge in [-0.25, -0.2) is 4.39 Å². The second kappa shape index (κ2) is 11.0. The van der Waals surface area contributed by atoms with Crippen molar-refractivity contribution in [2.45, 2.75) is 51.5 Å². The summed E-state index contributed by atoms with van der Waals surface area (Å²) in [5.41, 5.74) is 2.54. The summed E-state index contributed by atoms with van der Waals surface area (Å²) >= 11 is 5.87. The van der Waals surface area contributed by atoms with Gasteiger partial charge in [0.1, 0.15) is 30.8 Å². The second-order valence-electron chi connectivity index (χ2n) is 10.7. The molecule has 0 radical (unpaired) electrons. The summed E-state index contributed by atoms with van der Waals surface area (Å²) in [5, 5.41) is 3.51. The quantitative estimate of drug-likeness (QED) is 0.267. The van der Waals surface area contributed by atoms with E-state index in [1.807, 2.05) is 48.5 Å². The van der Waals surface area contributed by atoms with Gasteiger partial charge < -0.3 is 19.5 Å². The summed E-state index contributed by atoms with van der Waals surface area (Å²) in [6.07, 6.45) is 3.13. The molecule has 0 unspecified atom stereocenters. The van der Waals surface area contributed by atoms with E-state index in [0.717, 1.165) is 17.4 Å². The van der Waals surface area contributed by atoms with Gasteiger partial charge in [-0.1, -0.05) is 54.1 Å². The average Bonchev–Trinajstić information content (AvgIpc) is 3.48. The molecule has 1 N–H and O–H groups in total. The third kappa shape index (κ3) is 5.44. The molecule has 3 aromatic carbocycles. The molecule has 7 nitrogen and oxygen atoms in total. The van der Waals surface area contributed by atoms with Crippen LogP contribution in [0.4, 0.5) is 4.39 Å². The number of nitrogens with zero attached hydrogens (tertiary/aromatic N) is 2. The van der Waals surface area contributed by atoms with Gasteiger partial charge in [0, 0.05) is 41.4 Å². The normalized spacial score (nSPS) is 19.2. The average molecular weight is 574 g/mol. The van der Waals surface area contributed by atoms with Gasteiger partial charge in [-0.2, -0.15) is 0 Å². The lowest BCUT2D eigenvalue weighted by Gasteiger charge is -2.27. The van der Waals surface area contributed by atoms with Crippen LogP contribution in [0, 0.1) is 11.7 Å². The summed E-state index contributed by atoms with van der Waals surface area (Å²) in [7, 11) is 0. The minimum absolute atomic E-state index is 0.00633. The van der Waals surface area contributed by atoms with Crippen molar-refractivity contribution < 1.29 is 23.5 Å². The first-order chi connectivity index (χ1) is 19.8. The molecule has 2 fully saturated rings. The number of fused-ring (bicyclic) bond motifs is 2. The molecular weight excluding hydrogens is 545 g/mol. The number of aromatic nitrogens is 1. The number of ether oxygens (including phenoxy) is 1. The lowest BCUT2D eigenvalue weighted by molar-refractivity contribution is -0.140. The Labute approximate surface area is 241 Å². The van der Waals surface area contributed by atoms with Crippen molar-refractivity contribution in [3.05, 3.63) is 100 Å². The molecule has 2 heterocycles. The van der Waals surface area contributed by atoms with E-state index in [1.165, 1.54) is 13.0 Å². The number of halogens is 2. The van der Waals surface area contributed by atoms with Crippen molar-refractivity contribution in [1.29, 1.82) is 0 Å². The zero-order valence-electron chi connectivity index (χ0n) is 22.5. The zero-order valence-corrected chi connectivity index (χ0v) is 23.2. The largest absolute Gasteiger partial charge is 0.489 e. The molecule has 2 amide bonds. The lowest BCUT2D eigenvalue weighted by atomic mass is 10.1. The number of carbonyl (C=O) groups is 3. The molecule has 210 valence electrons. The summed E-state index contributed by atoms with van der Waals surface area (Å²) in [6.45, 7) is 1.84. The second-order valence-corrected chi connectivity index (χ2v) is 11.1. The highest BCUT2D eigenvalue weighted by atomic mass is 35.5. The van der Waals surface area contributed by atoms with Crippen molar-refractivity contribution in [3.8, 4) is 5.75 Å². The van der Waals surface area contributed by atoms with Crippen molar-refractivity contribution in [2.75, 3.05) is 0 Å². The van der Waals surface area contributed by atoms with E-state index in [2.05, 4.69) is 5.32 Å². The molecule has 1 aliphatic heterocycles. The van der Waals surface area contributed by atoms with Crippen LogP contribution in [0.25, 0.3) is 10.9 Å². The standard InChI is InChI=1S/C32H29ClFN3O4/c1-19(38)25-16-36(28-14-23(10-11-24(25)28)41-18-20-6-3-2-4-7-20)17-30(39)37-27-12-22(27)13-29(37)32(40)35-15-21-8-5-9-26(33)31(21)34/h2-11,14,16,22,27,29H,12-13,15,17-18H2,1H3,(H,35,40)/t22-,27-,29+/m1/s1. The fourth-order valence-electron chi connectivity index (χ4n) is 5.78. The Balaban J connectivity index is 1.20. The van der Waals surface area contributed by atoms with Crippen LogP contribution < -0.4 is 10.1 Å². The highest BCUT2D eigenvalue weighted by Gasteiger charge is 2.55. The molecule has 0 spiro atoms. The maximum Gasteiger partial charge on any atom is 0.243 e. The summed E-state index contributed by atoms with van der Waals surface area (Å²) < 4.78 is 22.1. The number of likely N-dealkylation sites (tertiary alicyclic amines) is 1. The highest BCUT2D eigenvalue weighted by Crippen LogP contribution is 2.48. The minimum Gasteiger partial charge on any atom is -0.489 e. The molecule has 1 aromatic heterocycles. The van der Waals surface area contributed by atoms with Crippen LogP contribution in [0.1, 0.15) is 41.3 Å². The summed E-state index contributed by atoms with van der Waals surface area (Å²) in [5.74, 6) is -0.283. The summed E-state index contributed by atoms with van der Waals surface area (Å²) in [6, 6.07) is 19.3. The van der Waals surface area contributed by atoms with Crippen molar-refractivity contribution in [3.63, 3.8) is 0 Å². The summed E-state index contributed by atoms with van der Waals surface area (Å²) in [4.78, 5) is 40.9. The van der Waals surface area contributed by atoms with Gasteiger partial charge in [0.15, 0.2) is 5.78 Å². The number of carbonyl (C=O) groups excluding carboxylic acids is 3. The number of hydrogen-bond donors (Lipinski definition) is 1. The number of benzene rings is 3. The highest BCUT2D eigenvalue weighted by molar-refractivity contribution is 6.30. The van der Waals surface area contributed by atoms with Gasteiger partial charge in [-0.15, -0.1) is 0 Å². The fraction of sp³-hybridized carbons (Fsp3) is 0.281. The lowest BCUT2D eigenvalue weighted by Crippen LogP contribution is -2.48. The van der Waals surface area contributed by atoms with Gasteiger partial charge in [-0.3, -0.25) is 14.4 Å². The van der Waals surface area contributed by atoms with Crippen LogP contribution in [0.15, 0.2) is 72.9 Å². The van der Waals surface area contributed by atoms with Crippen LogP contribution in [-0.2, 0) is 29.3 Å². The SMILES string of the molecule is CC(=O)c1cn(CC(=O)N2[C@@H]3C[C@@H]3C[C@H]2C(=O)NCc2cccc(Cl)c2F)c2cc(OCc3ccccc3)ccc12. The number of amides is 2. The molecule has 0 bridgehead atoms. The van der Waals surface area contributed by atoms with Gasteiger partial charge in [-0.05, 0) is 49.4 Å². The molecule has 9 heteroatoms. The molecule has 1 aliphatic carbocycles. The fourth-order valence-corrected chi connectivity index (χ4v) is 5.97. The Bertz CT molecular complexity index is 1650. The van der Waals surface area contributed by atoms with Crippen LogP contribution in [-0.4, -0.2) is 39.1 Å². The van der Waals surface area contributed by atoms with Crippen LogP contribution >= 0.6 is 11.6 Å². The van der Waals surface area contributed by atoms with Crippen molar-refractivity contribution in [2.24, 2.45) is 5.92 Å². The van der Waals surface area contributed by atoms with E-state index in [0.29, 0.717) is 29.9 Å². The number of ketones is 1. The predicted molar refractivity (Wildman–Crippen MR) is 153 cm³/mol. The first-order valence-electron chi connectivity index (χ1n) is 13.6. The molecule has 6 rings (SSSR count). The van der Waals surface area contributed by atoms with E-state index in [1.54, 1.807) is 27.8 Å². The molecule has 1 saturated heterocycles. The third-order valence-electron chi connectivity index (χ3n) is 7.97. The smallest absolute Gasteiger partial charge is 0.243 e. The van der Waals surface area contributed by atoms with Gasteiger partial charge in [0.05, 0.1) is 10.5 Å². The van der Waals surface area contributed by atoms with Crippen LogP contribution in [0.3, 0.4) is 0 Å². The monoisotopic (exact) mass is 573 g/mol. The van der Waals surface area contributed by atoms with Gasteiger partial charge in [0.25, 0.3) is 0 Å². The van der Waals surface area contributed by atoms with E-state index >= 15 is 0 Å². The molecule has 41 heavy (non-hydrogen) atoms. The Kier molecular flexibility index (Phi) is 7.26.